The Morgan fingerprint density at radius 1 is 1.45 bits per heavy atom. The van der Waals surface area contributed by atoms with Gasteiger partial charge in [0, 0.05) is 13.1 Å². The molecule has 1 heterocycles. The van der Waals surface area contributed by atoms with Gasteiger partial charge in [-0.25, -0.2) is 4.79 Å². The van der Waals surface area contributed by atoms with E-state index >= 15 is 0 Å². The zero-order valence-electron chi connectivity index (χ0n) is 10.9. The molecule has 0 spiro atoms. The van der Waals surface area contributed by atoms with Gasteiger partial charge in [-0.3, -0.25) is 9.69 Å². The summed E-state index contributed by atoms with van der Waals surface area (Å²) >= 11 is 0. The number of fused-ring (bicyclic) bond motifs is 1. The van der Waals surface area contributed by atoms with Crippen LogP contribution in [-0.4, -0.2) is 41.5 Å². The highest BCUT2D eigenvalue weighted by molar-refractivity contribution is 5.90. The van der Waals surface area contributed by atoms with Crippen molar-refractivity contribution in [3.05, 3.63) is 34.9 Å². The first kappa shape index (κ1) is 14.0. The van der Waals surface area contributed by atoms with E-state index in [0.29, 0.717) is 25.1 Å². The minimum absolute atomic E-state index is 0.00637. The topological polar surface area (TPSA) is 93.4 Å². The fraction of sp³-hybridized carbons (Fsp3) is 0.357. The van der Waals surface area contributed by atoms with Crippen molar-refractivity contribution in [2.24, 2.45) is 0 Å². The molecule has 0 fully saturated rings. The highest BCUT2D eigenvalue weighted by Gasteiger charge is 2.22. The number of nitrogens with zero attached hydrogens (tertiary/aromatic N) is 2. The van der Waals surface area contributed by atoms with E-state index < -0.39 is 5.97 Å². The second-order valence-corrected chi connectivity index (χ2v) is 4.64. The quantitative estimate of drug-likeness (QED) is 0.774. The van der Waals surface area contributed by atoms with Gasteiger partial charge in [-0.2, -0.15) is 5.26 Å². The maximum Gasteiger partial charge on any atom is 0.335 e. The molecule has 0 radical (unpaired) electrons. The largest absolute Gasteiger partial charge is 0.478 e. The Morgan fingerprint density at radius 3 is 2.95 bits per heavy atom. The highest BCUT2D eigenvalue weighted by Crippen LogP contribution is 2.22. The van der Waals surface area contributed by atoms with Crippen molar-refractivity contribution in [1.29, 1.82) is 5.26 Å². The summed E-state index contributed by atoms with van der Waals surface area (Å²) in [5.41, 5.74) is 2.15. The van der Waals surface area contributed by atoms with Gasteiger partial charge >= 0.3 is 5.97 Å². The first-order chi connectivity index (χ1) is 9.61. The Bertz CT molecular complexity index is 578. The van der Waals surface area contributed by atoms with Gasteiger partial charge in [-0.05, 0) is 23.6 Å². The third kappa shape index (κ3) is 3.13. The number of nitrogens with one attached hydrogen (secondary N) is 1. The summed E-state index contributed by atoms with van der Waals surface area (Å²) in [7, 11) is 0. The number of benzene rings is 1. The van der Waals surface area contributed by atoms with Crippen molar-refractivity contribution in [3.63, 3.8) is 0 Å². The summed E-state index contributed by atoms with van der Waals surface area (Å²) in [6, 6.07) is 7.08. The SMILES string of the molecule is N#CCNC(=O)CN1CCc2c(cccc2C(=O)O)C1. The van der Waals surface area contributed by atoms with Crippen molar-refractivity contribution in [2.45, 2.75) is 13.0 Å². The second kappa shape index (κ2) is 6.17. The van der Waals surface area contributed by atoms with Gasteiger partial charge in [0.2, 0.25) is 5.91 Å². The molecule has 2 N–H and O–H groups in total. The number of aromatic carboxylic acids is 1. The van der Waals surface area contributed by atoms with Gasteiger partial charge < -0.3 is 10.4 Å². The number of carbonyl (C=O) groups excluding carboxylic acids is 1. The van der Waals surface area contributed by atoms with E-state index in [1.165, 1.54) is 0 Å². The molecule has 1 aliphatic rings. The summed E-state index contributed by atoms with van der Waals surface area (Å²) in [5, 5.41) is 20.0. The molecule has 0 saturated carbocycles. The lowest BCUT2D eigenvalue weighted by molar-refractivity contribution is -0.122. The molecular weight excluding hydrogens is 258 g/mol. The maximum atomic E-state index is 11.6. The van der Waals surface area contributed by atoms with Crippen LogP contribution in [0.2, 0.25) is 0 Å². The van der Waals surface area contributed by atoms with Crippen LogP contribution < -0.4 is 5.32 Å². The van der Waals surface area contributed by atoms with E-state index in [9.17, 15) is 9.59 Å². The van der Waals surface area contributed by atoms with E-state index in [2.05, 4.69) is 5.32 Å². The number of nitriles is 1. The van der Waals surface area contributed by atoms with Crippen LogP contribution in [0.25, 0.3) is 0 Å². The Balaban J connectivity index is 2.05. The summed E-state index contributed by atoms with van der Waals surface area (Å²) in [5.74, 6) is -1.11. The lowest BCUT2D eigenvalue weighted by Crippen LogP contribution is -2.40. The molecule has 6 heteroatoms. The Kier molecular flexibility index (Phi) is 4.33. The third-order valence-electron chi connectivity index (χ3n) is 3.31. The van der Waals surface area contributed by atoms with Crippen LogP contribution in [-0.2, 0) is 17.8 Å². The first-order valence-corrected chi connectivity index (χ1v) is 6.32. The molecule has 0 atom stereocenters. The van der Waals surface area contributed by atoms with Crippen molar-refractivity contribution < 1.29 is 14.7 Å². The number of carbonyl (C=O) groups is 2. The monoisotopic (exact) mass is 273 g/mol. The van der Waals surface area contributed by atoms with Gasteiger partial charge in [-0.15, -0.1) is 0 Å². The van der Waals surface area contributed by atoms with E-state index in [-0.39, 0.29) is 19.0 Å². The van der Waals surface area contributed by atoms with Crippen LogP contribution in [0.5, 0.6) is 0 Å². The molecule has 0 unspecified atom stereocenters. The average molecular weight is 273 g/mol. The molecule has 1 aliphatic heterocycles. The molecule has 1 aromatic carbocycles. The standard InChI is InChI=1S/C14H15N3O3/c15-5-6-16-13(18)9-17-7-4-11-10(8-17)2-1-3-12(11)14(19)20/h1-3H,4,6-9H2,(H,16,18)(H,19,20). The first-order valence-electron chi connectivity index (χ1n) is 6.32. The van der Waals surface area contributed by atoms with Crippen molar-refractivity contribution in [3.8, 4) is 6.07 Å². The number of carboxylic acids is 1. The number of hydrogen-bond acceptors (Lipinski definition) is 4. The number of carboxylic acid groups (broad SMARTS) is 1. The lowest BCUT2D eigenvalue weighted by atomic mass is 9.94. The summed E-state index contributed by atoms with van der Waals surface area (Å²) in [6.45, 7) is 1.42. The normalized spacial score (nSPS) is 14.2. The Hall–Kier alpha value is -2.39. The molecule has 20 heavy (non-hydrogen) atoms. The van der Waals surface area contributed by atoms with Gasteiger partial charge in [0.15, 0.2) is 0 Å². The molecule has 0 aliphatic carbocycles. The van der Waals surface area contributed by atoms with E-state index in [0.717, 1.165) is 11.1 Å². The van der Waals surface area contributed by atoms with Gasteiger partial charge in [0.05, 0.1) is 18.2 Å². The van der Waals surface area contributed by atoms with Gasteiger partial charge in [0.1, 0.15) is 6.54 Å². The minimum Gasteiger partial charge on any atom is -0.478 e. The lowest BCUT2D eigenvalue weighted by Gasteiger charge is -2.28. The van der Waals surface area contributed by atoms with Crippen LogP contribution in [0.3, 0.4) is 0 Å². The summed E-state index contributed by atoms with van der Waals surface area (Å²) < 4.78 is 0. The fourth-order valence-corrected chi connectivity index (χ4v) is 2.40. The van der Waals surface area contributed by atoms with E-state index in [1.807, 2.05) is 17.0 Å². The van der Waals surface area contributed by atoms with E-state index in [4.69, 9.17) is 10.4 Å². The van der Waals surface area contributed by atoms with Crippen LogP contribution in [0.15, 0.2) is 18.2 Å². The predicted octanol–water partition coefficient (Wildman–Crippen LogP) is 0.383. The number of amides is 1. The van der Waals surface area contributed by atoms with E-state index in [1.54, 1.807) is 12.1 Å². The zero-order valence-corrected chi connectivity index (χ0v) is 10.9. The highest BCUT2D eigenvalue weighted by atomic mass is 16.4. The van der Waals surface area contributed by atoms with Crippen LogP contribution in [0, 0.1) is 11.3 Å². The van der Waals surface area contributed by atoms with Crippen molar-refractivity contribution in [2.75, 3.05) is 19.6 Å². The Morgan fingerprint density at radius 2 is 2.25 bits per heavy atom. The van der Waals surface area contributed by atoms with Gasteiger partial charge in [0.25, 0.3) is 0 Å². The number of rotatable bonds is 4. The smallest absolute Gasteiger partial charge is 0.335 e. The fourth-order valence-electron chi connectivity index (χ4n) is 2.40. The molecule has 0 aromatic heterocycles. The van der Waals surface area contributed by atoms with Crippen LogP contribution in [0.4, 0.5) is 0 Å². The Labute approximate surface area is 116 Å². The second-order valence-electron chi connectivity index (χ2n) is 4.64. The van der Waals surface area contributed by atoms with Crippen LogP contribution >= 0.6 is 0 Å². The number of hydrogen-bond donors (Lipinski definition) is 2. The van der Waals surface area contributed by atoms with Crippen molar-refractivity contribution >= 4 is 11.9 Å². The molecule has 0 bridgehead atoms. The molecule has 6 nitrogen and oxygen atoms in total. The molecule has 104 valence electrons. The predicted molar refractivity (Wildman–Crippen MR) is 71.0 cm³/mol. The zero-order chi connectivity index (χ0) is 14.5. The summed E-state index contributed by atoms with van der Waals surface area (Å²) in [6.07, 6.45) is 0.614. The summed E-state index contributed by atoms with van der Waals surface area (Å²) in [4.78, 5) is 24.6. The average Bonchev–Trinajstić information content (AvgIpc) is 2.44. The maximum absolute atomic E-state index is 11.6. The molecule has 1 aromatic rings. The van der Waals surface area contributed by atoms with Crippen LogP contribution in [0.1, 0.15) is 21.5 Å². The molecule has 1 amide bonds. The molecular formula is C14H15N3O3. The minimum atomic E-state index is -0.915. The third-order valence-corrected chi connectivity index (χ3v) is 3.31. The van der Waals surface area contributed by atoms with Gasteiger partial charge in [-0.1, -0.05) is 12.1 Å². The van der Waals surface area contributed by atoms with Crippen molar-refractivity contribution in [1.82, 2.24) is 10.2 Å². The molecule has 0 saturated heterocycles. The molecule has 2 rings (SSSR count).